The van der Waals surface area contributed by atoms with Crippen molar-refractivity contribution < 1.29 is 0 Å². The number of rotatable bonds is 6. The molecular weight excluding hydrogens is 260 g/mol. The lowest BCUT2D eigenvalue weighted by atomic mass is 10.2. The fourth-order valence-corrected chi connectivity index (χ4v) is 2.88. The van der Waals surface area contributed by atoms with Crippen LogP contribution in [0.3, 0.4) is 0 Å². The van der Waals surface area contributed by atoms with Gasteiger partial charge in [-0.1, -0.05) is 25.1 Å². The van der Waals surface area contributed by atoms with Gasteiger partial charge in [-0.3, -0.25) is 0 Å². The first-order chi connectivity index (χ1) is 10.3. The van der Waals surface area contributed by atoms with Crippen LogP contribution >= 0.6 is 0 Å². The number of para-hydroxylation sites is 1. The average Bonchev–Trinajstić information content (AvgIpc) is 3.07. The minimum atomic E-state index is 0.865. The van der Waals surface area contributed by atoms with Gasteiger partial charge in [0.25, 0.3) is 0 Å². The second-order valence-electron chi connectivity index (χ2n) is 5.41. The van der Waals surface area contributed by atoms with Gasteiger partial charge >= 0.3 is 0 Å². The van der Waals surface area contributed by atoms with Crippen LogP contribution in [0.25, 0.3) is 10.9 Å². The number of aromatic nitrogens is 3. The highest BCUT2D eigenvalue weighted by molar-refractivity contribution is 5.84. The lowest BCUT2D eigenvalue weighted by molar-refractivity contribution is 0.628. The van der Waals surface area contributed by atoms with Gasteiger partial charge in [0.2, 0.25) is 0 Å². The molecule has 0 atom stereocenters. The Hall–Kier alpha value is -2.07. The number of hydrogen-bond donors (Lipinski definition) is 1. The Morgan fingerprint density at radius 2 is 2.05 bits per heavy atom. The fourth-order valence-electron chi connectivity index (χ4n) is 2.88. The predicted molar refractivity (Wildman–Crippen MR) is 86.3 cm³/mol. The number of aryl methyl sites for hydroxylation is 1. The Morgan fingerprint density at radius 3 is 2.86 bits per heavy atom. The molecule has 0 radical (unpaired) electrons. The summed E-state index contributed by atoms with van der Waals surface area (Å²) >= 11 is 0. The van der Waals surface area contributed by atoms with Crippen molar-refractivity contribution in [1.82, 2.24) is 19.4 Å². The van der Waals surface area contributed by atoms with E-state index in [2.05, 4.69) is 56.8 Å². The number of nitrogens with one attached hydrogen (secondary N) is 1. The highest BCUT2D eigenvalue weighted by Crippen LogP contribution is 2.22. The third-order valence-corrected chi connectivity index (χ3v) is 3.83. The summed E-state index contributed by atoms with van der Waals surface area (Å²) in [5, 5.41) is 4.58. The van der Waals surface area contributed by atoms with Crippen LogP contribution in [0.4, 0.5) is 0 Å². The monoisotopic (exact) mass is 282 g/mol. The van der Waals surface area contributed by atoms with Crippen molar-refractivity contribution >= 4 is 10.9 Å². The van der Waals surface area contributed by atoms with Gasteiger partial charge in [-0.25, -0.2) is 4.98 Å². The molecule has 3 aromatic rings. The van der Waals surface area contributed by atoms with Crippen LogP contribution in [0.2, 0.25) is 0 Å². The molecule has 0 unspecified atom stereocenters. The molecule has 3 rings (SSSR count). The van der Waals surface area contributed by atoms with E-state index in [1.54, 1.807) is 0 Å². The van der Waals surface area contributed by atoms with E-state index in [1.165, 1.54) is 22.2 Å². The molecular formula is C17H22N4. The second kappa shape index (κ2) is 6.14. The molecule has 1 aromatic carbocycles. The van der Waals surface area contributed by atoms with Crippen molar-refractivity contribution in [3.63, 3.8) is 0 Å². The van der Waals surface area contributed by atoms with Crippen molar-refractivity contribution in [2.75, 3.05) is 7.05 Å². The normalized spacial score (nSPS) is 11.3. The van der Waals surface area contributed by atoms with Crippen molar-refractivity contribution in [2.24, 2.45) is 0 Å². The van der Waals surface area contributed by atoms with E-state index >= 15 is 0 Å². The van der Waals surface area contributed by atoms with Crippen molar-refractivity contribution in [3.05, 3.63) is 54.2 Å². The standard InChI is InChI=1S/C17H22N4/c1-3-8-20-13-19-10-15(20)12-21-11-14(9-18-2)16-6-4-5-7-17(16)21/h4-7,10-11,13,18H,3,8-9,12H2,1-2H3. The van der Waals surface area contributed by atoms with Gasteiger partial charge in [-0.15, -0.1) is 0 Å². The first kappa shape index (κ1) is 13.9. The number of fused-ring (bicyclic) bond motifs is 1. The van der Waals surface area contributed by atoms with E-state index < -0.39 is 0 Å². The van der Waals surface area contributed by atoms with Crippen molar-refractivity contribution in [1.29, 1.82) is 0 Å². The highest BCUT2D eigenvalue weighted by Gasteiger charge is 2.09. The number of imidazole rings is 1. The topological polar surface area (TPSA) is 34.8 Å². The van der Waals surface area contributed by atoms with E-state index in [9.17, 15) is 0 Å². The molecule has 0 bridgehead atoms. The van der Waals surface area contributed by atoms with Gasteiger partial charge < -0.3 is 14.5 Å². The minimum Gasteiger partial charge on any atom is -0.341 e. The number of hydrogen-bond acceptors (Lipinski definition) is 2. The van der Waals surface area contributed by atoms with Crippen LogP contribution in [0, 0.1) is 0 Å². The van der Waals surface area contributed by atoms with Gasteiger partial charge in [0, 0.05) is 36.4 Å². The Kier molecular flexibility index (Phi) is 4.06. The molecule has 110 valence electrons. The van der Waals surface area contributed by atoms with E-state index in [-0.39, 0.29) is 0 Å². The minimum absolute atomic E-state index is 0.865. The van der Waals surface area contributed by atoms with Gasteiger partial charge in [0.15, 0.2) is 0 Å². The molecule has 0 saturated heterocycles. The van der Waals surface area contributed by atoms with E-state index in [0.29, 0.717) is 0 Å². The van der Waals surface area contributed by atoms with Crippen molar-refractivity contribution in [2.45, 2.75) is 33.0 Å². The summed E-state index contributed by atoms with van der Waals surface area (Å²) in [6, 6.07) is 8.59. The zero-order chi connectivity index (χ0) is 14.7. The second-order valence-corrected chi connectivity index (χ2v) is 5.41. The molecule has 0 aliphatic rings. The number of benzene rings is 1. The molecule has 21 heavy (non-hydrogen) atoms. The predicted octanol–water partition coefficient (Wildman–Crippen LogP) is 3.02. The van der Waals surface area contributed by atoms with Crippen LogP contribution in [0.15, 0.2) is 43.0 Å². The van der Waals surface area contributed by atoms with Crippen LogP contribution in [-0.2, 0) is 19.6 Å². The fraction of sp³-hybridized carbons (Fsp3) is 0.353. The molecule has 0 aliphatic heterocycles. The van der Waals surface area contributed by atoms with E-state index in [0.717, 1.165) is 26.1 Å². The van der Waals surface area contributed by atoms with Crippen LogP contribution in [0.5, 0.6) is 0 Å². The molecule has 4 nitrogen and oxygen atoms in total. The molecule has 2 aromatic heterocycles. The molecule has 0 fully saturated rings. The molecule has 0 spiro atoms. The zero-order valence-electron chi connectivity index (χ0n) is 12.7. The maximum absolute atomic E-state index is 4.30. The van der Waals surface area contributed by atoms with Crippen molar-refractivity contribution in [3.8, 4) is 0 Å². The quantitative estimate of drug-likeness (QED) is 0.754. The maximum atomic E-state index is 4.30. The molecule has 2 heterocycles. The lowest BCUT2D eigenvalue weighted by Gasteiger charge is -2.08. The first-order valence-electron chi connectivity index (χ1n) is 7.53. The summed E-state index contributed by atoms with van der Waals surface area (Å²) in [6.45, 7) is 4.98. The summed E-state index contributed by atoms with van der Waals surface area (Å²) in [7, 11) is 1.99. The van der Waals surface area contributed by atoms with Gasteiger partial charge in [0.05, 0.1) is 18.6 Å². The molecule has 0 saturated carbocycles. The van der Waals surface area contributed by atoms with E-state index in [4.69, 9.17) is 0 Å². The Labute approximate surface area is 125 Å². The third-order valence-electron chi connectivity index (χ3n) is 3.83. The SMILES string of the molecule is CCCn1cncc1Cn1cc(CNC)c2ccccc21. The molecule has 1 N–H and O–H groups in total. The van der Waals surface area contributed by atoms with Crippen LogP contribution in [-0.4, -0.2) is 21.2 Å². The summed E-state index contributed by atoms with van der Waals surface area (Å²) in [6.07, 6.45) is 7.28. The van der Waals surface area contributed by atoms with Gasteiger partial charge in [0.1, 0.15) is 0 Å². The Balaban J connectivity index is 1.98. The molecule has 0 aliphatic carbocycles. The highest BCUT2D eigenvalue weighted by atomic mass is 15.1. The third kappa shape index (κ3) is 2.72. The largest absolute Gasteiger partial charge is 0.341 e. The Morgan fingerprint density at radius 1 is 1.19 bits per heavy atom. The van der Waals surface area contributed by atoms with Crippen LogP contribution < -0.4 is 5.32 Å². The van der Waals surface area contributed by atoms with Gasteiger partial charge in [-0.05, 0) is 25.1 Å². The lowest BCUT2D eigenvalue weighted by Crippen LogP contribution is -2.07. The molecule has 4 heteroatoms. The summed E-state index contributed by atoms with van der Waals surface area (Å²) in [4.78, 5) is 4.30. The summed E-state index contributed by atoms with van der Waals surface area (Å²) in [5.41, 5.74) is 3.88. The molecule has 0 amide bonds. The van der Waals surface area contributed by atoms with Crippen LogP contribution in [0.1, 0.15) is 24.6 Å². The zero-order valence-corrected chi connectivity index (χ0v) is 12.7. The first-order valence-corrected chi connectivity index (χ1v) is 7.53. The average molecular weight is 282 g/mol. The maximum Gasteiger partial charge on any atom is 0.0948 e. The summed E-state index contributed by atoms with van der Waals surface area (Å²) in [5.74, 6) is 0. The van der Waals surface area contributed by atoms with Gasteiger partial charge in [-0.2, -0.15) is 0 Å². The Bertz CT molecular complexity index is 723. The van der Waals surface area contributed by atoms with E-state index in [1.807, 2.05) is 19.6 Å². The smallest absolute Gasteiger partial charge is 0.0948 e. The number of nitrogens with zero attached hydrogens (tertiary/aromatic N) is 3. The summed E-state index contributed by atoms with van der Waals surface area (Å²) < 4.78 is 4.57.